The van der Waals surface area contributed by atoms with Crippen molar-refractivity contribution in [2.75, 3.05) is 19.6 Å². The molecular weight excluding hydrogens is 216 g/mol. The monoisotopic (exact) mass is 230 g/mol. The molecule has 17 heavy (non-hydrogen) atoms. The summed E-state index contributed by atoms with van der Waals surface area (Å²) in [6.45, 7) is 3.49. The lowest BCUT2D eigenvalue weighted by atomic mass is 10.0. The van der Waals surface area contributed by atoms with Crippen LogP contribution in [0.15, 0.2) is 24.3 Å². The molecular formula is C13H14N2O2. The SMILES string of the molecule is CC(=O)N1CCN2C(=O)c3ccccc3C2C1. The van der Waals surface area contributed by atoms with E-state index in [0.29, 0.717) is 19.6 Å². The smallest absolute Gasteiger partial charge is 0.254 e. The molecule has 2 aliphatic heterocycles. The molecule has 0 spiro atoms. The minimum Gasteiger partial charge on any atom is -0.339 e. The van der Waals surface area contributed by atoms with Crippen LogP contribution in [-0.2, 0) is 4.79 Å². The molecule has 1 saturated heterocycles. The first kappa shape index (κ1) is 10.3. The Morgan fingerprint density at radius 2 is 2.06 bits per heavy atom. The summed E-state index contributed by atoms with van der Waals surface area (Å²) in [6.07, 6.45) is 0. The Hall–Kier alpha value is -1.84. The lowest BCUT2D eigenvalue weighted by Crippen LogP contribution is -2.48. The molecule has 2 heterocycles. The number of carbonyl (C=O) groups excluding carboxylic acids is 2. The molecule has 2 amide bonds. The number of amides is 2. The fourth-order valence-corrected chi connectivity index (χ4v) is 2.72. The van der Waals surface area contributed by atoms with Crippen molar-refractivity contribution in [3.05, 3.63) is 35.4 Å². The summed E-state index contributed by atoms with van der Waals surface area (Å²) >= 11 is 0. The Bertz CT molecular complexity index is 498. The van der Waals surface area contributed by atoms with Crippen LogP contribution in [0.25, 0.3) is 0 Å². The number of rotatable bonds is 0. The van der Waals surface area contributed by atoms with Gasteiger partial charge in [0.05, 0.1) is 6.04 Å². The molecule has 1 fully saturated rings. The van der Waals surface area contributed by atoms with Crippen LogP contribution in [0, 0.1) is 0 Å². The van der Waals surface area contributed by atoms with Crippen LogP contribution in [-0.4, -0.2) is 41.2 Å². The molecule has 1 atom stereocenters. The Morgan fingerprint density at radius 1 is 1.29 bits per heavy atom. The largest absolute Gasteiger partial charge is 0.339 e. The van der Waals surface area contributed by atoms with E-state index in [2.05, 4.69) is 0 Å². The summed E-state index contributed by atoms with van der Waals surface area (Å²) in [7, 11) is 0. The topological polar surface area (TPSA) is 40.6 Å². The summed E-state index contributed by atoms with van der Waals surface area (Å²) in [5, 5.41) is 0. The van der Waals surface area contributed by atoms with E-state index in [0.717, 1.165) is 11.1 Å². The van der Waals surface area contributed by atoms with Crippen molar-refractivity contribution in [1.29, 1.82) is 0 Å². The quantitative estimate of drug-likeness (QED) is 0.668. The van der Waals surface area contributed by atoms with Gasteiger partial charge in [0.15, 0.2) is 0 Å². The van der Waals surface area contributed by atoms with E-state index in [1.54, 1.807) is 6.92 Å². The maximum atomic E-state index is 12.1. The standard InChI is InChI=1S/C13H14N2O2/c1-9(16)14-6-7-15-12(8-14)10-4-2-3-5-11(10)13(15)17/h2-5,12H,6-8H2,1H3. The number of benzene rings is 1. The minimum absolute atomic E-state index is 0.0522. The predicted molar refractivity (Wildman–Crippen MR) is 62.5 cm³/mol. The van der Waals surface area contributed by atoms with E-state index in [1.165, 1.54) is 0 Å². The molecule has 88 valence electrons. The van der Waals surface area contributed by atoms with Gasteiger partial charge in [-0.1, -0.05) is 18.2 Å². The Balaban J connectivity index is 1.97. The number of nitrogens with zero attached hydrogens (tertiary/aromatic N) is 2. The molecule has 1 aromatic rings. The highest BCUT2D eigenvalue weighted by Gasteiger charge is 2.40. The maximum Gasteiger partial charge on any atom is 0.254 e. The second-order valence-electron chi connectivity index (χ2n) is 4.57. The van der Waals surface area contributed by atoms with Gasteiger partial charge in [-0.3, -0.25) is 9.59 Å². The van der Waals surface area contributed by atoms with E-state index in [1.807, 2.05) is 34.1 Å². The Kier molecular flexibility index (Phi) is 2.18. The number of hydrogen-bond acceptors (Lipinski definition) is 2. The van der Waals surface area contributed by atoms with Crippen LogP contribution in [0.4, 0.5) is 0 Å². The summed E-state index contributed by atoms with van der Waals surface area (Å²) in [5.41, 5.74) is 1.85. The van der Waals surface area contributed by atoms with Crippen LogP contribution in [0.1, 0.15) is 28.9 Å². The second kappa shape index (κ2) is 3.58. The van der Waals surface area contributed by atoms with Crippen LogP contribution >= 0.6 is 0 Å². The number of fused-ring (bicyclic) bond motifs is 3. The average Bonchev–Trinajstić information content (AvgIpc) is 2.64. The van der Waals surface area contributed by atoms with Gasteiger partial charge in [0.2, 0.25) is 5.91 Å². The third-order valence-electron chi connectivity index (χ3n) is 3.64. The second-order valence-corrected chi connectivity index (χ2v) is 4.57. The van der Waals surface area contributed by atoms with Gasteiger partial charge in [-0.05, 0) is 11.6 Å². The zero-order chi connectivity index (χ0) is 12.0. The highest BCUT2D eigenvalue weighted by Crippen LogP contribution is 2.35. The van der Waals surface area contributed by atoms with E-state index in [4.69, 9.17) is 0 Å². The number of carbonyl (C=O) groups is 2. The van der Waals surface area contributed by atoms with Gasteiger partial charge in [0.25, 0.3) is 5.91 Å². The lowest BCUT2D eigenvalue weighted by Gasteiger charge is -2.37. The summed E-state index contributed by atoms with van der Waals surface area (Å²) in [4.78, 5) is 27.2. The first-order valence-electron chi connectivity index (χ1n) is 5.84. The highest BCUT2D eigenvalue weighted by atomic mass is 16.2. The molecule has 3 rings (SSSR count). The van der Waals surface area contributed by atoms with Crippen LogP contribution in [0.5, 0.6) is 0 Å². The van der Waals surface area contributed by atoms with Gasteiger partial charge >= 0.3 is 0 Å². The summed E-state index contributed by atoms with van der Waals surface area (Å²) in [6, 6.07) is 7.74. The van der Waals surface area contributed by atoms with E-state index < -0.39 is 0 Å². The van der Waals surface area contributed by atoms with Crippen LogP contribution in [0.2, 0.25) is 0 Å². The van der Waals surface area contributed by atoms with Crippen molar-refractivity contribution in [2.45, 2.75) is 13.0 Å². The van der Waals surface area contributed by atoms with Gasteiger partial charge in [0, 0.05) is 32.1 Å². The first-order chi connectivity index (χ1) is 8.18. The predicted octanol–water partition coefficient (Wildman–Crippen LogP) is 1.05. The van der Waals surface area contributed by atoms with Gasteiger partial charge in [0.1, 0.15) is 0 Å². The molecule has 4 heteroatoms. The van der Waals surface area contributed by atoms with E-state index in [9.17, 15) is 9.59 Å². The lowest BCUT2D eigenvalue weighted by molar-refractivity contribution is -0.131. The molecule has 1 aromatic carbocycles. The van der Waals surface area contributed by atoms with Crippen molar-refractivity contribution in [3.8, 4) is 0 Å². The third kappa shape index (κ3) is 1.44. The maximum absolute atomic E-state index is 12.1. The minimum atomic E-state index is 0.0522. The first-order valence-corrected chi connectivity index (χ1v) is 5.84. The van der Waals surface area contributed by atoms with Crippen molar-refractivity contribution >= 4 is 11.8 Å². The molecule has 0 radical (unpaired) electrons. The fourth-order valence-electron chi connectivity index (χ4n) is 2.72. The van der Waals surface area contributed by atoms with E-state index >= 15 is 0 Å². The van der Waals surface area contributed by atoms with Crippen LogP contribution in [0.3, 0.4) is 0 Å². The van der Waals surface area contributed by atoms with Crippen molar-refractivity contribution in [1.82, 2.24) is 9.80 Å². The summed E-state index contributed by atoms with van der Waals surface area (Å²) < 4.78 is 0. The van der Waals surface area contributed by atoms with Crippen LogP contribution < -0.4 is 0 Å². The zero-order valence-electron chi connectivity index (χ0n) is 9.72. The molecule has 0 bridgehead atoms. The third-order valence-corrected chi connectivity index (χ3v) is 3.64. The van der Waals surface area contributed by atoms with Crippen molar-refractivity contribution in [3.63, 3.8) is 0 Å². The van der Waals surface area contributed by atoms with Crippen molar-refractivity contribution in [2.24, 2.45) is 0 Å². The molecule has 0 aromatic heterocycles. The number of hydrogen-bond donors (Lipinski definition) is 0. The Labute approximate surface area is 99.8 Å². The molecule has 1 unspecified atom stereocenters. The van der Waals surface area contributed by atoms with Gasteiger partial charge in [-0.25, -0.2) is 0 Å². The average molecular weight is 230 g/mol. The van der Waals surface area contributed by atoms with E-state index in [-0.39, 0.29) is 17.9 Å². The van der Waals surface area contributed by atoms with Gasteiger partial charge < -0.3 is 9.80 Å². The zero-order valence-corrected chi connectivity index (χ0v) is 9.72. The normalized spacial score (nSPS) is 22.4. The van der Waals surface area contributed by atoms with Crippen molar-refractivity contribution < 1.29 is 9.59 Å². The molecule has 0 N–H and O–H groups in total. The van der Waals surface area contributed by atoms with Gasteiger partial charge in [-0.15, -0.1) is 0 Å². The fraction of sp³-hybridized carbons (Fsp3) is 0.385. The molecule has 2 aliphatic rings. The Morgan fingerprint density at radius 3 is 2.82 bits per heavy atom. The summed E-state index contributed by atoms with van der Waals surface area (Å²) in [5.74, 6) is 0.190. The number of piperazine rings is 1. The molecule has 0 saturated carbocycles. The molecule has 4 nitrogen and oxygen atoms in total. The highest BCUT2D eigenvalue weighted by molar-refractivity contribution is 5.99. The molecule has 0 aliphatic carbocycles. The van der Waals surface area contributed by atoms with Gasteiger partial charge in [-0.2, -0.15) is 0 Å².